The van der Waals surface area contributed by atoms with Gasteiger partial charge in [-0.05, 0) is 37.1 Å². The van der Waals surface area contributed by atoms with Gasteiger partial charge in [-0.15, -0.1) is 0 Å². The zero-order valence-corrected chi connectivity index (χ0v) is 18.7. The standard InChI is InChI=1S/C23H19ClF5N3O3/c24-16-3-1-2-4-17(16)32-19(13-5-7-14(8-6-13)23(27,28)29)20(35-22(25)26)18(31-32)21(33)30-15-9-11-34-12-10-15/h1-8,15,22H,9-12H2,(H,30,33). The Labute approximate surface area is 201 Å². The van der Waals surface area contributed by atoms with Crippen molar-refractivity contribution in [2.45, 2.75) is 31.7 Å². The van der Waals surface area contributed by atoms with E-state index in [1.165, 1.54) is 12.1 Å². The molecule has 4 rings (SSSR count). The Kier molecular flexibility index (Phi) is 7.27. The maximum Gasteiger partial charge on any atom is 0.416 e. The minimum atomic E-state index is -4.60. The van der Waals surface area contributed by atoms with Crippen LogP contribution in [0.3, 0.4) is 0 Å². The highest BCUT2D eigenvalue weighted by Crippen LogP contribution is 2.39. The fourth-order valence-electron chi connectivity index (χ4n) is 3.72. The van der Waals surface area contributed by atoms with Crippen LogP contribution in [0.4, 0.5) is 22.0 Å². The SMILES string of the molecule is O=C(NC1CCOCC1)c1nn(-c2ccccc2Cl)c(-c2ccc(C(F)(F)F)cc2)c1OC(F)F. The third-order valence-corrected chi connectivity index (χ3v) is 5.71. The van der Waals surface area contributed by atoms with Crippen molar-refractivity contribution in [1.29, 1.82) is 0 Å². The van der Waals surface area contributed by atoms with Crippen LogP contribution in [-0.2, 0) is 10.9 Å². The number of aromatic nitrogens is 2. The van der Waals surface area contributed by atoms with Crippen molar-refractivity contribution < 1.29 is 36.2 Å². The van der Waals surface area contributed by atoms with Crippen molar-refractivity contribution in [3.05, 3.63) is 64.8 Å². The summed E-state index contributed by atoms with van der Waals surface area (Å²) in [6, 6.07) is 9.78. The number of halogens is 6. The fraction of sp³-hybridized carbons (Fsp3) is 0.304. The molecule has 1 fully saturated rings. The maximum absolute atomic E-state index is 13.4. The summed E-state index contributed by atoms with van der Waals surface area (Å²) in [6.45, 7) is -2.48. The quantitative estimate of drug-likeness (QED) is 0.426. The highest BCUT2D eigenvalue weighted by molar-refractivity contribution is 6.32. The van der Waals surface area contributed by atoms with Crippen LogP contribution in [0.1, 0.15) is 28.9 Å². The van der Waals surface area contributed by atoms with Gasteiger partial charge in [0.05, 0.1) is 16.3 Å². The summed E-state index contributed by atoms with van der Waals surface area (Å²) in [5.74, 6) is -1.35. The summed E-state index contributed by atoms with van der Waals surface area (Å²) in [5, 5.41) is 7.12. The number of hydrogen-bond acceptors (Lipinski definition) is 4. The minimum Gasteiger partial charge on any atom is -0.430 e. The number of benzene rings is 2. The van der Waals surface area contributed by atoms with Crippen LogP contribution in [0.15, 0.2) is 48.5 Å². The molecule has 0 aliphatic carbocycles. The number of para-hydroxylation sites is 1. The third-order valence-electron chi connectivity index (χ3n) is 5.39. The number of amides is 1. The van der Waals surface area contributed by atoms with Crippen LogP contribution in [-0.4, -0.2) is 41.6 Å². The molecule has 0 unspecified atom stereocenters. The number of carbonyl (C=O) groups is 1. The van der Waals surface area contributed by atoms with E-state index in [0.717, 1.165) is 28.9 Å². The number of hydrogen-bond donors (Lipinski definition) is 1. The van der Waals surface area contributed by atoms with Crippen molar-refractivity contribution in [3.63, 3.8) is 0 Å². The van der Waals surface area contributed by atoms with Crippen LogP contribution in [0.25, 0.3) is 16.9 Å². The van der Waals surface area contributed by atoms with Gasteiger partial charge in [-0.3, -0.25) is 4.79 Å². The highest BCUT2D eigenvalue weighted by Gasteiger charge is 2.33. The Bertz CT molecular complexity index is 1190. The van der Waals surface area contributed by atoms with E-state index in [1.807, 2.05) is 0 Å². The largest absolute Gasteiger partial charge is 0.430 e. The van der Waals surface area contributed by atoms with Crippen molar-refractivity contribution in [2.75, 3.05) is 13.2 Å². The second-order valence-electron chi connectivity index (χ2n) is 7.70. The molecule has 1 saturated heterocycles. The van der Waals surface area contributed by atoms with Crippen LogP contribution < -0.4 is 10.1 Å². The van der Waals surface area contributed by atoms with Gasteiger partial charge < -0.3 is 14.8 Å². The van der Waals surface area contributed by atoms with E-state index in [4.69, 9.17) is 21.1 Å². The van der Waals surface area contributed by atoms with Gasteiger partial charge in [-0.25, -0.2) is 4.68 Å². The van der Waals surface area contributed by atoms with Crippen molar-refractivity contribution >= 4 is 17.5 Å². The number of rotatable bonds is 6. The Morgan fingerprint density at radius 2 is 1.77 bits per heavy atom. The van der Waals surface area contributed by atoms with E-state index >= 15 is 0 Å². The predicted molar refractivity (Wildman–Crippen MR) is 117 cm³/mol. The lowest BCUT2D eigenvalue weighted by atomic mass is 10.1. The van der Waals surface area contributed by atoms with E-state index in [9.17, 15) is 26.7 Å². The zero-order chi connectivity index (χ0) is 25.2. The van der Waals surface area contributed by atoms with Gasteiger partial charge >= 0.3 is 12.8 Å². The number of alkyl halides is 5. The highest BCUT2D eigenvalue weighted by atomic mass is 35.5. The Morgan fingerprint density at radius 3 is 2.37 bits per heavy atom. The van der Waals surface area contributed by atoms with E-state index in [1.54, 1.807) is 12.1 Å². The van der Waals surface area contributed by atoms with Crippen LogP contribution in [0.2, 0.25) is 5.02 Å². The van der Waals surface area contributed by atoms with E-state index in [2.05, 4.69) is 10.4 Å². The Balaban J connectivity index is 1.87. The molecule has 12 heteroatoms. The van der Waals surface area contributed by atoms with Gasteiger partial charge in [-0.1, -0.05) is 35.9 Å². The summed E-state index contributed by atoms with van der Waals surface area (Å²) >= 11 is 6.29. The lowest BCUT2D eigenvalue weighted by molar-refractivity contribution is -0.137. The number of carbonyl (C=O) groups excluding carboxylic acids is 1. The molecule has 1 aromatic heterocycles. The van der Waals surface area contributed by atoms with E-state index in [-0.39, 0.29) is 28.0 Å². The van der Waals surface area contributed by atoms with Gasteiger partial charge in [0, 0.05) is 24.8 Å². The fourth-order valence-corrected chi connectivity index (χ4v) is 3.93. The van der Waals surface area contributed by atoms with Gasteiger partial charge in [0.1, 0.15) is 5.69 Å². The van der Waals surface area contributed by atoms with Crippen molar-refractivity contribution in [2.24, 2.45) is 0 Å². The first-order valence-corrected chi connectivity index (χ1v) is 10.9. The van der Waals surface area contributed by atoms with Crippen molar-refractivity contribution in [3.8, 4) is 22.7 Å². The maximum atomic E-state index is 13.4. The molecule has 1 N–H and O–H groups in total. The molecule has 186 valence electrons. The Morgan fingerprint density at radius 1 is 1.11 bits per heavy atom. The molecule has 0 bridgehead atoms. The molecule has 35 heavy (non-hydrogen) atoms. The molecule has 1 aliphatic rings. The summed E-state index contributed by atoms with van der Waals surface area (Å²) in [7, 11) is 0. The summed E-state index contributed by atoms with van der Waals surface area (Å²) in [5.41, 5.74) is -1.26. The van der Waals surface area contributed by atoms with Gasteiger partial charge in [0.2, 0.25) is 0 Å². The number of ether oxygens (including phenoxy) is 2. The number of nitrogens with zero attached hydrogens (tertiary/aromatic N) is 2. The molecule has 0 atom stereocenters. The molecule has 0 saturated carbocycles. The van der Waals surface area contributed by atoms with E-state index < -0.39 is 35.7 Å². The summed E-state index contributed by atoms with van der Waals surface area (Å²) in [4.78, 5) is 13.1. The monoisotopic (exact) mass is 515 g/mol. The zero-order valence-electron chi connectivity index (χ0n) is 18.0. The molecule has 0 spiro atoms. The van der Waals surface area contributed by atoms with E-state index in [0.29, 0.717) is 26.1 Å². The van der Waals surface area contributed by atoms with Crippen LogP contribution >= 0.6 is 11.6 Å². The van der Waals surface area contributed by atoms with Gasteiger partial charge in [0.25, 0.3) is 5.91 Å². The first kappa shape index (κ1) is 24.9. The average molecular weight is 516 g/mol. The molecule has 6 nitrogen and oxygen atoms in total. The normalized spacial score (nSPS) is 14.8. The van der Waals surface area contributed by atoms with Crippen LogP contribution in [0, 0.1) is 0 Å². The van der Waals surface area contributed by atoms with Gasteiger partial charge in [-0.2, -0.15) is 27.1 Å². The molecular weight excluding hydrogens is 497 g/mol. The smallest absolute Gasteiger partial charge is 0.416 e. The van der Waals surface area contributed by atoms with Crippen molar-refractivity contribution in [1.82, 2.24) is 15.1 Å². The third kappa shape index (κ3) is 5.57. The van der Waals surface area contributed by atoms with Crippen LogP contribution in [0.5, 0.6) is 5.75 Å². The molecule has 2 aromatic carbocycles. The molecule has 1 amide bonds. The topological polar surface area (TPSA) is 65.4 Å². The molecule has 1 aliphatic heterocycles. The lowest BCUT2D eigenvalue weighted by Gasteiger charge is -2.22. The molecule has 2 heterocycles. The average Bonchev–Trinajstić information content (AvgIpc) is 3.18. The first-order chi connectivity index (χ1) is 16.6. The first-order valence-electron chi connectivity index (χ1n) is 10.5. The second kappa shape index (κ2) is 10.2. The molecule has 0 radical (unpaired) electrons. The molecule has 3 aromatic rings. The predicted octanol–water partition coefficient (Wildman–Crippen LogP) is 5.72. The number of nitrogens with one attached hydrogen (secondary N) is 1. The minimum absolute atomic E-state index is 0.0613. The summed E-state index contributed by atoms with van der Waals surface area (Å²) < 4.78 is 77.2. The summed E-state index contributed by atoms with van der Waals surface area (Å²) in [6.07, 6.45) is -3.56. The Hall–Kier alpha value is -3.18. The lowest BCUT2D eigenvalue weighted by Crippen LogP contribution is -2.39. The molecular formula is C23H19ClF5N3O3. The second-order valence-corrected chi connectivity index (χ2v) is 8.11. The van der Waals surface area contributed by atoms with Gasteiger partial charge in [0.15, 0.2) is 11.4 Å².